The Morgan fingerprint density at radius 1 is 0.791 bits per heavy atom. The Morgan fingerprint density at radius 3 is 1.74 bits per heavy atom. The molecular weight excluding hydrogens is 568 g/mol. The zero-order valence-corrected chi connectivity index (χ0v) is 26.0. The van der Waals surface area contributed by atoms with E-state index in [4.69, 9.17) is 28.4 Å². The fourth-order valence-corrected chi connectivity index (χ4v) is 8.07. The molecule has 3 fully saturated rings. The first-order valence-electron chi connectivity index (χ1n) is 14.4. The Bertz CT molecular complexity index is 1250. The highest BCUT2D eigenvalue weighted by Crippen LogP contribution is 2.66. The molecule has 3 aliphatic carbocycles. The molecule has 0 aromatic heterocycles. The predicted octanol–water partition coefficient (Wildman–Crippen LogP) is 1.29. The highest BCUT2D eigenvalue weighted by atomic mass is 16.6. The third kappa shape index (κ3) is 5.12. The lowest BCUT2D eigenvalue weighted by molar-refractivity contribution is -0.283. The van der Waals surface area contributed by atoms with Crippen molar-refractivity contribution in [1.82, 2.24) is 0 Å². The molecule has 13 nitrogen and oxygen atoms in total. The van der Waals surface area contributed by atoms with Gasteiger partial charge in [-0.3, -0.25) is 24.0 Å². The van der Waals surface area contributed by atoms with Gasteiger partial charge >= 0.3 is 29.8 Å². The van der Waals surface area contributed by atoms with Gasteiger partial charge in [0.25, 0.3) is 0 Å². The molecular formula is C30H42O13. The van der Waals surface area contributed by atoms with Gasteiger partial charge in [-0.25, -0.2) is 0 Å². The fourth-order valence-electron chi connectivity index (χ4n) is 8.07. The SMILES string of the molecule is CC(=O)O[C@H]1C[C@@]2(O)[C@@H](OC(C)=O)[C@@H]3[C@@]4(CO4)[C@@H](OC(C)=O)C[C@@H](O)[C@@]3(C)[C@@H](OC(C)=O)[C@H](OC(C)=O)C(=C1C)C2(C)C. The van der Waals surface area contributed by atoms with Crippen LogP contribution in [-0.4, -0.2) is 94.5 Å². The molecule has 0 amide bonds. The summed E-state index contributed by atoms with van der Waals surface area (Å²) in [6, 6.07) is 0. The van der Waals surface area contributed by atoms with Gasteiger partial charge in [0.1, 0.15) is 29.5 Å². The van der Waals surface area contributed by atoms with Crippen molar-refractivity contribution < 1.29 is 62.6 Å². The number of carbonyl (C=O) groups is 5. The monoisotopic (exact) mass is 610 g/mol. The maximum atomic E-state index is 12.9. The molecule has 0 radical (unpaired) electrons. The van der Waals surface area contributed by atoms with Gasteiger partial charge in [-0.1, -0.05) is 20.8 Å². The molecule has 2 N–H and O–H groups in total. The average Bonchev–Trinajstić information content (AvgIpc) is 3.63. The van der Waals surface area contributed by atoms with Crippen LogP contribution in [0.5, 0.6) is 0 Å². The zero-order chi connectivity index (χ0) is 32.4. The predicted molar refractivity (Wildman–Crippen MR) is 145 cm³/mol. The number of aliphatic hydroxyl groups is 2. The Balaban J connectivity index is 2.15. The summed E-state index contributed by atoms with van der Waals surface area (Å²) in [7, 11) is 0. The number of ether oxygens (including phenoxy) is 6. The van der Waals surface area contributed by atoms with Gasteiger partial charge in [0, 0.05) is 64.2 Å². The van der Waals surface area contributed by atoms with E-state index >= 15 is 0 Å². The number of esters is 5. The molecule has 1 heterocycles. The van der Waals surface area contributed by atoms with Gasteiger partial charge in [-0.05, 0) is 18.1 Å². The molecule has 1 saturated heterocycles. The van der Waals surface area contributed by atoms with E-state index in [2.05, 4.69) is 0 Å². The highest BCUT2D eigenvalue weighted by molar-refractivity contribution is 5.70. The van der Waals surface area contributed by atoms with Crippen molar-refractivity contribution in [2.45, 2.75) is 123 Å². The lowest BCUT2D eigenvalue weighted by Crippen LogP contribution is -2.76. The number of rotatable bonds is 5. The van der Waals surface area contributed by atoms with Crippen molar-refractivity contribution in [2.75, 3.05) is 6.61 Å². The summed E-state index contributed by atoms with van der Waals surface area (Å²) in [5.41, 5.74) is -5.72. The first-order valence-corrected chi connectivity index (χ1v) is 14.4. The second-order valence-corrected chi connectivity index (χ2v) is 13.0. The van der Waals surface area contributed by atoms with Crippen LogP contribution in [0.1, 0.15) is 75.2 Å². The third-order valence-electron chi connectivity index (χ3n) is 9.98. The van der Waals surface area contributed by atoms with Crippen molar-refractivity contribution in [3.8, 4) is 0 Å². The van der Waals surface area contributed by atoms with Crippen LogP contribution >= 0.6 is 0 Å². The molecule has 13 heteroatoms. The van der Waals surface area contributed by atoms with Crippen LogP contribution in [-0.2, 0) is 52.4 Å². The minimum Gasteiger partial charge on any atom is -0.459 e. The topological polar surface area (TPSA) is 184 Å². The van der Waals surface area contributed by atoms with Crippen LogP contribution in [0.4, 0.5) is 0 Å². The van der Waals surface area contributed by atoms with Crippen LogP contribution < -0.4 is 0 Å². The van der Waals surface area contributed by atoms with Gasteiger partial charge in [-0.15, -0.1) is 0 Å². The van der Waals surface area contributed by atoms with Crippen molar-refractivity contribution in [3.63, 3.8) is 0 Å². The van der Waals surface area contributed by atoms with E-state index in [1.165, 1.54) is 20.8 Å². The average molecular weight is 611 g/mol. The molecule has 2 saturated carbocycles. The summed E-state index contributed by atoms with van der Waals surface area (Å²) in [4.78, 5) is 62.6. The maximum absolute atomic E-state index is 12.9. The summed E-state index contributed by atoms with van der Waals surface area (Å²) in [6.07, 6.45) is -8.19. The first-order chi connectivity index (χ1) is 19.7. The van der Waals surface area contributed by atoms with Crippen molar-refractivity contribution in [2.24, 2.45) is 16.7 Å². The number of carbonyl (C=O) groups excluding carboxylic acids is 5. The quantitative estimate of drug-likeness (QED) is 0.197. The summed E-state index contributed by atoms with van der Waals surface area (Å²) >= 11 is 0. The summed E-state index contributed by atoms with van der Waals surface area (Å²) in [5, 5.41) is 24.9. The molecule has 43 heavy (non-hydrogen) atoms. The standard InChI is InChI=1S/C30H42O13/c1-13-19(39-14(2)31)11-30(37)26(43-18(6)35)24-28(9,20(36)10-21(40-15(3)32)29(24)12-38-29)25(42-17(5)34)23(41-16(4)33)22(13)27(30,7)8/h19-21,23-26,36-37H,10-12H2,1-9H3/t19-,20+,21-,23+,24-,25-,26-,28+,29+,30+/m0/s1. The van der Waals surface area contributed by atoms with Crippen molar-refractivity contribution in [3.05, 3.63) is 11.1 Å². The summed E-state index contributed by atoms with van der Waals surface area (Å²) < 4.78 is 35.2. The number of hydrogen-bond acceptors (Lipinski definition) is 13. The van der Waals surface area contributed by atoms with E-state index < -0.39 is 94.4 Å². The van der Waals surface area contributed by atoms with Crippen molar-refractivity contribution in [1.29, 1.82) is 0 Å². The second-order valence-electron chi connectivity index (χ2n) is 13.0. The lowest BCUT2D eigenvalue weighted by Gasteiger charge is -2.64. The van der Waals surface area contributed by atoms with E-state index in [1.807, 2.05) is 0 Å². The van der Waals surface area contributed by atoms with Crippen LogP contribution in [0.25, 0.3) is 0 Å². The lowest BCUT2D eigenvalue weighted by atomic mass is 9.45. The largest absolute Gasteiger partial charge is 0.459 e. The molecule has 1 spiro atoms. The molecule has 1 aliphatic heterocycles. The number of aliphatic hydroxyl groups excluding tert-OH is 1. The van der Waals surface area contributed by atoms with Crippen LogP contribution in [0.2, 0.25) is 0 Å². The highest BCUT2D eigenvalue weighted by Gasteiger charge is 2.79. The van der Waals surface area contributed by atoms with E-state index in [1.54, 1.807) is 27.7 Å². The van der Waals surface area contributed by atoms with E-state index in [-0.39, 0.29) is 25.0 Å². The number of epoxide rings is 1. The second kappa shape index (κ2) is 10.8. The molecule has 10 atom stereocenters. The van der Waals surface area contributed by atoms with Crippen LogP contribution in [0, 0.1) is 16.7 Å². The molecule has 240 valence electrons. The van der Waals surface area contributed by atoms with E-state index in [0.717, 1.165) is 13.8 Å². The third-order valence-corrected chi connectivity index (χ3v) is 9.98. The van der Waals surface area contributed by atoms with Gasteiger partial charge < -0.3 is 38.6 Å². The first kappa shape index (κ1) is 32.9. The van der Waals surface area contributed by atoms with Crippen LogP contribution in [0.3, 0.4) is 0 Å². The zero-order valence-electron chi connectivity index (χ0n) is 26.0. The van der Waals surface area contributed by atoms with Gasteiger partial charge in [0.15, 0.2) is 12.2 Å². The van der Waals surface area contributed by atoms with Gasteiger partial charge in [-0.2, -0.15) is 0 Å². The maximum Gasteiger partial charge on any atom is 0.303 e. The molecule has 4 rings (SSSR count). The smallest absolute Gasteiger partial charge is 0.303 e. The Morgan fingerprint density at radius 2 is 1.28 bits per heavy atom. The molecule has 4 aliphatic rings. The summed E-state index contributed by atoms with van der Waals surface area (Å²) in [5.74, 6) is -4.76. The molecule has 2 bridgehead atoms. The van der Waals surface area contributed by atoms with Gasteiger partial charge in [0.2, 0.25) is 0 Å². The molecule has 0 aromatic carbocycles. The minimum absolute atomic E-state index is 0.00762. The van der Waals surface area contributed by atoms with Crippen LogP contribution in [0.15, 0.2) is 11.1 Å². The fraction of sp³-hybridized carbons (Fsp3) is 0.767. The van der Waals surface area contributed by atoms with E-state index in [0.29, 0.717) is 5.57 Å². The van der Waals surface area contributed by atoms with Crippen molar-refractivity contribution >= 4 is 29.8 Å². The Hall–Kier alpha value is -3.03. The Labute approximate surface area is 250 Å². The van der Waals surface area contributed by atoms with Gasteiger partial charge in [0.05, 0.1) is 12.7 Å². The van der Waals surface area contributed by atoms with E-state index in [9.17, 15) is 34.2 Å². The molecule has 0 unspecified atom stereocenters. The Kier molecular flexibility index (Phi) is 8.29. The number of fused-ring (bicyclic) bond motifs is 4. The summed E-state index contributed by atoms with van der Waals surface area (Å²) in [6.45, 7) is 12.5. The molecule has 0 aromatic rings. The normalized spacial score (nSPS) is 41.1. The number of hydrogen-bond donors (Lipinski definition) is 2. The minimum atomic E-state index is -2.05.